The maximum Gasteiger partial charge on any atom is 0.0678 e. The lowest BCUT2D eigenvalue weighted by Gasteiger charge is -2.39. The van der Waals surface area contributed by atoms with Crippen LogP contribution in [0.2, 0.25) is 0 Å². The van der Waals surface area contributed by atoms with Crippen molar-refractivity contribution in [3.63, 3.8) is 0 Å². The molecule has 0 aromatic carbocycles. The van der Waals surface area contributed by atoms with E-state index in [1.165, 1.54) is 65.0 Å². The maximum atomic E-state index is 5.88. The molecule has 3 saturated heterocycles. The van der Waals surface area contributed by atoms with Crippen molar-refractivity contribution in [2.75, 3.05) is 52.4 Å². The molecule has 0 spiro atoms. The van der Waals surface area contributed by atoms with Gasteiger partial charge >= 0.3 is 0 Å². The Morgan fingerprint density at radius 1 is 0.826 bits per heavy atom. The summed E-state index contributed by atoms with van der Waals surface area (Å²) in [6.45, 7) is 16.8. The predicted molar refractivity (Wildman–Crippen MR) is 95.9 cm³/mol. The molecule has 3 atom stereocenters. The van der Waals surface area contributed by atoms with Crippen molar-refractivity contribution in [1.29, 1.82) is 0 Å². The van der Waals surface area contributed by atoms with E-state index in [1.807, 2.05) is 0 Å². The number of likely N-dealkylation sites (tertiary alicyclic amines) is 2. The molecule has 0 aliphatic carbocycles. The van der Waals surface area contributed by atoms with E-state index in [1.54, 1.807) is 0 Å². The molecule has 4 heteroatoms. The Morgan fingerprint density at radius 3 is 2.22 bits per heavy atom. The van der Waals surface area contributed by atoms with Gasteiger partial charge < -0.3 is 9.64 Å². The van der Waals surface area contributed by atoms with Gasteiger partial charge in [-0.1, -0.05) is 6.92 Å². The van der Waals surface area contributed by atoms with Crippen LogP contribution in [0.25, 0.3) is 0 Å². The number of rotatable bonds is 5. The highest BCUT2D eigenvalue weighted by atomic mass is 16.5. The number of hydrogen-bond donors (Lipinski definition) is 0. The van der Waals surface area contributed by atoms with E-state index >= 15 is 0 Å². The summed E-state index contributed by atoms with van der Waals surface area (Å²) in [5.41, 5.74) is 0. The van der Waals surface area contributed by atoms with Crippen LogP contribution in [0.15, 0.2) is 0 Å². The largest absolute Gasteiger partial charge is 0.373 e. The second-order valence-electron chi connectivity index (χ2n) is 8.33. The lowest BCUT2D eigenvalue weighted by Crippen LogP contribution is -2.50. The van der Waals surface area contributed by atoms with Crippen molar-refractivity contribution in [3.8, 4) is 0 Å². The van der Waals surface area contributed by atoms with E-state index in [4.69, 9.17) is 4.74 Å². The second kappa shape index (κ2) is 8.28. The van der Waals surface area contributed by atoms with Crippen LogP contribution in [-0.4, -0.2) is 85.3 Å². The van der Waals surface area contributed by atoms with Crippen molar-refractivity contribution in [2.24, 2.45) is 5.92 Å². The van der Waals surface area contributed by atoms with Crippen LogP contribution < -0.4 is 0 Å². The van der Waals surface area contributed by atoms with Crippen LogP contribution in [-0.2, 0) is 4.74 Å². The van der Waals surface area contributed by atoms with E-state index in [9.17, 15) is 0 Å². The van der Waals surface area contributed by atoms with Gasteiger partial charge in [0.15, 0.2) is 0 Å². The first-order valence-electron chi connectivity index (χ1n) is 9.94. The van der Waals surface area contributed by atoms with Crippen LogP contribution in [0, 0.1) is 5.92 Å². The van der Waals surface area contributed by atoms with E-state index in [2.05, 4.69) is 35.5 Å². The Morgan fingerprint density at radius 2 is 1.52 bits per heavy atom. The van der Waals surface area contributed by atoms with Gasteiger partial charge in [0.2, 0.25) is 0 Å². The molecule has 4 nitrogen and oxygen atoms in total. The number of piperidine rings is 1. The molecule has 23 heavy (non-hydrogen) atoms. The number of hydrogen-bond acceptors (Lipinski definition) is 4. The summed E-state index contributed by atoms with van der Waals surface area (Å²) >= 11 is 0. The van der Waals surface area contributed by atoms with Gasteiger partial charge in [-0.3, -0.25) is 9.80 Å². The van der Waals surface area contributed by atoms with Gasteiger partial charge in [0.1, 0.15) is 0 Å². The summed E-state index contributed by atoms with van der Waals surface area (Å²) in [6.07, 6.45) is 6.35. The lowest BCUT2D eigenvalue weighted by molar-refractivity contribution is -0.0723. The smallest absolute Gasteiger partial charge is 0.0678 e. The number of ether oxygens (including phenoxy) is 1. The SMILES string of the molecule is CC1CCN(CCN2CCC[C@@H]2CN2C[C@@H](C)O[C@@H](C)C2)CC1. The fourth-order valence-electron chi connectivity index (χ4n) is 4.68. The van der Waals surface area contributed by atoms with Gasteiger partial charge in [-0.15, -0.1) is 0 Å². The van der Waals surface area contributed by atoms with E-state index in [-0.39, 0.29) is 0 Å². The first-order chi connectivity index (χ1) is 11.1. The third kappa shape index (κ3) is 5.15. The van der Waals surface area contributed by atoms with Gasteiger partial charge in [0, 0.05) is 38.8 Å². The number of nitrogens with zero attached hydrogens (tertiary/aromatic N) is 3. The lowest BCUT2D eigenvalue weighted by atomic mass is 9.99. The zero-order valence-corrected chi connectivity index (χ0v) is 15.5. The van der Waals surface area contributed by atoms with Crippen LogP contribution in [0.5, 0.6) is 0 Å². The van der Waals surface area contributed by atoms with E-state index in [0.29, 0.717) is 12.2 Å². The normalized spacial score (nSPS) is 35.9. The van der Waals surface area contributed by atoms with Crippen molar-refractivity contribution >= 4 is 0 Å². The van der Waals surface area contributed by atoms with Gasteiger partial charge in [-0.2, -0.15) is 0 Å². The molecule has 3 heterocycles. The minimum Gasteiger partial charge on any atom is -0.373 e. The Hall–Kier alpha value is -0.160. The quantitative estimate of drug-likeness (QED) is 0.773. The molecule has 3 rings (SSSR count). The van der Waals surface area contributed by atoms with Crippen LogP contribution >= 0.6 is 0 Å². The highest BCUT2D eigenvalue weighted by Crippen LogP contribution is 2.21. The van der Waals surface area contributed by atoms with Crippen LogP contribution in [0.4, 0.5) is 0 Å². The molecule has 0 bridgehead atoms. The van der Waals surface area contributed by atoms with Gasteiger partial charge in [0.05, 0.1) is 12.2 Å². The third-order valence-corrected chi connectivity index (χ3v) is 6.04. The average Bonchev–Trinajstić information content (AvgIpc) is 2.93. The summed E-state index contributed by atoms with van der Waals surface area (Å²) < 4.78 is 5.88. The zero-order chi connectivity index (χ0) is 16.2. The average molecular weight is 324 g/mol. The Balaban J connectivity index is 1.42. The fourth-order valence-corrected chi connectivity index (χ4v) is 4.68. The van der Waals surface area contributed by atoms with Crippen molar-refractivity contribution < 1.29 is 4.74 Å². The van der Waals surface area contributed by atoms with Gasteiger partial charge in [-0.05, 0) is 65.1 Å². The van der Waals surface area contributed by atoms with Crippen molar-refractivity contribution in [2.45, 2.75) is 64.7 Å². The summed E-state index contributed by atoms with van der Waals surface area (Å²) in [5, 5.41) is 0. The molecule has 0 saturated carbocycles. The maximum absolute atomic E-state index is 5.88. The topological polar surface area (TPSA) is 19.0 Å². The molecular weight excluding hydrogens is 286 g/mol. The standard InChI is InChI=1S/C19H37N3O/c1-16-6-9-20(10-7-16)11-12-22-8-4-5-19(22)15-21-13-17(2)23-18(3)14-21/h16-19H,4-15H2,1-3H3/t17-,18+,19-/m1/s1. The first-order valence-corrected chi connectivity index (χ1v) is 9.94. The summed E-state index contributed by atoms with van der Waals surface area (Å²) in [6, 6.07) is 0.774. The summed E-state index contributed by atoms with van der Waals surface area (Å²) in [5.74, 6) is 0.941. The fraction of sp³-hybridized carbons (Fsp3) is 1.00. The highest BCUT2D eigenvalue weighted by Gasteiger charge is 2.30. The summed E-state index contributed by atoms with van der Waals surface area (Å²) in [4.78, 5) is 8.10. The molecule has 134 valence electrons. The van der Waals surface area contributed by atoms with Crippen molar-refractivity contribution in [1.82, 2.24) is 14.7 Å². The number of morpholine rings is 1. The molecule has 0 aromatic rings. The molecule has 0 unspecified atom stereocenters. The van der Waals surface area contributed by atoms with Gasteiger partial charge in [0.25, 0.3) is 0 Å². The molecular formula is C19H37N3O. The molecule has 3 aliphatic rings. The Bertz CT molecular complexity index is 347. The van der Waals surface area contributed by atoms with E-state index < -0.39 is 0 Å². The molecule has 0 N–H and O–H groups in total. The first kappa shape index (κ1) is 17.7. The molecule has 0 aromatic heterocycles. The molecule has 0 amide bonds. The van der Waals surface area contributed by atoms with Crippen LogP contribution in [0.1, 0.15) is 46.5 Å². The molecule has 3 aliphatic heterocycles. The highest BCUT2D eigenvalue weighted by molar-refractivity contribution is 4.85. The second-order valence-corrected chi connectivity index (χ2v) is 8.33. The monoisotopic (exact) mass is 323 g/mol. The minimum atomic E-state index is 0.393. The predicted octanol–water partition coefficient (Wildman–Crippen LogP) is 2.29. The molecule has 0 radical (unpaired) electrons. The zero-order valence-electron chi connectivity index (χ0n) is 15.5. The third-order valence-electron chi connectivity index (χ3n) is 6.04. The van der Waals surface area contributed by atoms with Crippen molar-refractivity contribution in [3.05, 3.63) is 0 Å². The molecule has 3 fully saturated rings. The minimum absolute atomic E-state index is 0.393. The van der Waals surface area contributed by atoms with E-state index in [0.717, 1.165) is 25.0 Å². The summed E-state index contributed by atoms with van der Waals surface area (Å²) in [7, 11) is 0. The Kier molecular flexibility index (Phi) is 6.36. The van der Waals surface area contributed by atoms with Crippen LogP contribution in [0.3, 0.4) is 0 Å². The van der Waals surface area contributed by atoms with Gasteiger partial charge in [-0.25, -0.2) is 0 Å². The Labute approximate surface area is 143 Å².